The number of halogens is 1. The van der Waals surface area contributed by atoms with Gasteiger partial charge in [0.15, 0.2) is 5.78 Å². The van der Waals surface area contributed by atoms with Crippen molar-refractivity contribution in [1.82, 2.24) is 5.32 Å². The molecule has 1 saturated heterocycles. The van der Waals surface area contributed by atoms with Crippen LogP contribution in [0.4, 0.5) is 0 Å². The van der Waals surface area contributed by atoms with Crippen molar-refractivity contribution in [1.29, 1.82) is 0 Å². The summed E-state index contributed by atoms with van der Waals surface area (Å²) in [7, 11) is 0. The predicted octanol–water partition coefficient (Wildman–Crippen LogP) is 4.03. The molecule has 2 heterocycles. The highest BCUT2D eigenvalue weighted by Gasteiger charge is 2.40. The Morgan fingerprint density at radius 1 is 1.29 bits per heavy atom. The molecule has 1 aromatic rings. The van der Waals surface area contributed by atoms with Crippen molar-refractivity contribution in [3.05, 3.63) is 57.4 Å². The fourth-order valence-corrected chi connectivity index (χ4v) is 4.54. The first-order valence-corrected chi connectivity index (χ1v) is 10.2. The van der Waals surface area contributed by atoms with Gasteiger partial charge in [0.2, 0.25) is 0 Å². The van der Waals surface area contributed by atoms with E-state index in [1.807, 2.05) is 25.1 Å². The molecular formula is C22H24ClNO4. The average molecular weight is 402 g/mol. The number of esters is 1. The summed E-state index contributed by atoms with van der Waals surface area (Å²) in [6, 6.07) is 7.39. The number of ketones is 1. The molecule has 6 heteroatoms. The third-order valence-electron chi connectivity index (χ3n) is 5.64. The van der Waals surface area contributed by atoms with Crippen LogP contribution in [0.3, 0.4) is 0 Å². The summed E-state index contributed by atoms with van der Waals surface area (Å²) in [5.74, 6) is -0.860. The smallest absolute Gasteiger partial charge is 0.336 e. The third kappa shape index (κ3) is 3.61. The average Bonchev–Trinajstić information content (AvgIpc) is 3.19. The molecule has 0 aromatic heterocycles. The second-order valence-corrected chi connectivity index (χ2v) is 7.93. The van der Waals surface area contributed by atoms with E-state index in [0.29, 0.717) is 29.2 Å². The summed E-state index contributed by atoms with van der Waals surface area (Å²) in [5.41, 5.74) is 3.48. The number of benzene rings is 1. The SMILES string of the molecule is CC1=C(C(=O)OC[C@H]2CCCO2)[C@H](c2ccccc2Cl)C2=C(CCCC2=O)N1. The summed E-state index contributed by atoms with van der Waals surface area (Å²) in [6.07, 6.45) is 3.91. The van der Waals surface area contributed by atoms with Crippen molar-refractivity contribution in [3.63, 3.8) is 0 Å². The minimum atomic E-state index is -0.505. The van der Waals surface area contributed by atoms with Crippen molar-refractivity contribution in [2.24, 2.45) is 0 Å². The highest BCUT2D eigenvalue weighted by molar-refractivity contribution is 6.31. The lowest BCUT2D eigenvalue weighted by atomic mass is 9.75. The zero-order valence-electron chi connectivity index (χ0n) is 15.9. The normalized spacial score (nSPS) is 24.9. The number of hydrogen-bond acceptors (Lipinski definition) is 5. The van der Waals surface area contributed by atoms with Crippen molar-refractivity contribution >= 4 is 23.4 Å². The molecule has 2 atom stereocenters. The van der Waals surface area contributed by atoms with Crippen molar-refractivity contribution in [3.8, 4) is 0 Å². The molecule has 3 aliphatic rings. The van der Waals surface area contributed by atoms with E-state index in [-0.39, 0.29) is 18.5 Å². The molecule has 1 N–H and O–H groups in total. The molecule has 2 aliphatic heterocycles. The van der Waals surface area contributed by atoms with Gasteiger partial charge in [-0.1, -0.05) is 29.8 Å². The van der Waals surface area contributed by atoms with Gasteiger partial charge in [0.25, 0.3) is 0 Å². The minimum absolute atomic E-state index is 0.0498. The van der Waals surface area contributed by atoms with Gasteiger partial charge in [0.05, 0.1) is 11.7 Å². The van der Waals surface area contributed by atoms with Gasteiger partial charge in [-0.25, -0.2) is 4.79 Å². The summed E-state index contributed by atoms with van der Waals surface area (Å²) in [5, 5.41) is 3.83. The van der Waals surface area contributed by atoms with E-state index in [9.17, 15) is 9.59 Å². The van der Waals surface area contributed by atoms with Crippen LogP contribution >= 0.6 is 11.6 Å². The van der Waals surface area contributed by atoms with Crippen molar-refractivity contribution in [2.45, 2.75) is 51.0 Å². The molecular weight excluding hydrogens is 378 g/mol. The van der Waals surface area contributed by atoms with E-state index < -0.39 is 11.9 Å². The van der Waals surface area contributed by atoms with Gasteiger partial charge in [0.1, 0.15) is 6.61 Å². The van der Waals surface area contributed by atoms with Crippen LogP contribution < -0.4 is 5.32 Å². The Balaban J connectivity index is 1.71. The molecule has 0 bridgehead atoms. The topological polar surface area (TPSA) is 64.6 Å². The molecule has 0 unspecified atom stereocenters. The number of dihydropyridines is 1. The summed E-state index contributed by atoms with van der Waals surface area (Å²) in [4.78, 5) is 25.9. The van der Waals surface area contributed by atoms with Gasteiger partial charge >= 0.3 is 5.97 Å². The zero-order valence-corrected chi connectivity index (χ0v) is 16.7. The van der Waals surface area contributed by atoms with E-state index in [2.05, 4.69) is 5.32 Å². The Bertz CT molecular complexity index is 867. The standard InChI is InChI=1S/C22H24ClNO4/c1-13-19(22(26)28-12-14-6-5-11-27-14)20(15-7-2-3-8-16(15)23)21-17(24-13)9-4-10-18(21)25/h2-3,7-8,14,20,24H,4-6,9-12H2,1H3/t14-,20+/m1/s1. The molecule has 0 radical (unpaired) electrons. The van der Waals surface area contributed by atoms with Crippen LogP contribution in [0, 0.1) is 0 Å². The molecule has 0 amide bonds. The van der Waals surface area contributed by atoms with E-state index in [1.165, 1.54) is 0 Å². The number of allylic oxidation sites excluding steroid dienone is 3. The van der Waals surface area contributed by atoms with Crippen LogP contribution in [0.25, 0.3) is 0 Å². The fraction of sp³-hybridized carbons (Fsp3) is 0.455. The number of carbonyl (C=O) groups is 2. The van der Waals surface area contributed by atoms with E-state index in [1.54, 1.807) is 6.07 Å². The molecule has 4 rings (SSSR count). The number of rotatable bonds is 4. The van der Waals surface area contributed by atoms with Gasteiger partial charge < -0.3 is 14.8 Å². The highest BCUT2D eigenvalue weighted by Crippen LogP contribution is 2.44. The van der Waals surface area contributed by atoms with Gasteiger partial charge in [-0.05, 0) is 44.2 Å². The van der Waals surface area contributed by atoms with Crippen LogP contribution in [0.5, 0.6) is 0 Å². The lowest BCUT2D eigenvalue weighted by Gasteiger charge is -2.34. The molecule has 0 spiro atoms. The van der Waals surface area contributed by atoms with Gasteiger partial charge in [-0.15, -0.1) is 0 Å². The largest absolute Gasteiger partial charge is 0.459 e. The number of hydrogen-bond donors (Lipinski definition) is 1. The molecule has 0 saturated carbocycles. The molecule has 1 aromatic carbocycles. The summed E-state index contributed by atoms with van der Waals surface area (Å²) >= 11 is 6.49. The second-order valence-electron chi connectivity index (χ2n) is 7.52. The van der Waals surface area contributed by atoms with Gasteiger partial charge in [0, 0.05) is 40.9 Å². The number of nitrogens with one attached hydrogen (secondary N) is 1. The van der Waals surface area contributed by atoms with Crippen LogP contribution in [-0.4, -0.2) is 31.1 Å². The Morgan fingerprint density at radius 2 is 2.11 bits per heavy atom. The Labute approximate surface area is 169 Å². The Morgan fingerprint density at radius 3 is 2.86 bits per heavy atom. The van der Waals surface area contributed by atoms with Crippen molar-refractivity contribution < 1.29 is 19.1 Å². The lowest BCUT2D eigenvalue weighted by Crippen LogP contribution is -2.35. The van der Waals surface area contributed by atoms with Crippen LogP contribution in [0.1, 0.15) is 50.5 Å². The number of carbonyl (C=O) groups excluding carboxylic acids is 2. The maximum absolute atomic E-state index is 13.1. The maximum atomic E-state index is 13.1. The fourth-order valence-electron chi connectivity index (χ4n) is 4.30. The first-order chi connectivity index (χ1) is 13.6. The lowest BCUT2D eigenvalue weighted by molar-refractivity contribution is -0.142. The predicted molar refractivity (Wildman–Crippen MR) is 106 cm³/mol. The summed E-state index contributed by atoms with van der Waals surface area (Å²) in [6.45, 7) is 2.79. The van der Waals surface area contributed by atoms with Crippen molar-refractivity contribution in [2.75, 3.05) is 13.2 Å². The minimum Gasteiger partial charge on any atom is -0.459 e. The molecule has 1 aliphatic carbocycles. The van der Waals surface area contributed by atoms with E-state index in [4.69, 9.17) is 21.1 Å². The third-order valence-corrected chi connectivity index (χ3v) is 5.98. The quantitative estimate of drug-likeness (QED) is 0.771. The molecule has 5 nitrogen and oxygen atoms in total. The first-order valence-electron chi connectivity index (χ1n) is 9.83. The maximum Gasteiger partial charge on any atom is 0.336 e. The van der Waals surface area contributed by atoms with Crippen LogP contribution in [0.15, 0.2) is 46.8 Å². The van der Waals surface area contributed by atoms with Gasteiger partial charge in [-0.3, -0.25) is 4.79 Å². The van der Waals surface area contributed by atoms with E-state index in [0.717, 1.165) is 42.6 Å². The zero-order chi connectivity index (χ0) is 19.7. The molecule has 28 heavy (non-hydrogen) atoms. The first kappa shape index (κ1) is 19.2. The summed E-state index contributed by atoms with van der Waals surface area (Å²) < 4.78 is 11.2. The van der Waals surface area contributed by atoms with Crippen LogP contribution in [0.2, 0.25) is 5.02 Å². The van der Waals surface area contributed by atoms with Gasteiger partial charge in [-0.2, -0.15) is 0 Å². The molecule has 148 valence electrons. The monoisotopic (exact) mass is 401 g/mol. The molecule has 1 fully saturated rings. The number of ether oxygens (including phenoxy) is 2. The Kier molecular flexibility index (Phi) is 5.56. The second kappa shape index (κ2) is 8.10. The van der Waals surface area contributed by atoms with Crippen LogP contribution in [-0.2, 0) is 19.1 Å². The number of Topliss-reactive ketones (excluding diaryl/α,β-unsaturated/α-hetero) is 1. The highest BCUT2D eigenvalue weighted by atomic mass is 35.5. The van der Waals surface area contributed by atoms with E-state index >= 15 is 0 Å². The Hall–Kier alpha value is -2.11.